The van der Waals surface area contributed by atoms with Crippen LogP contribution in [0.25, 0.3) is 0 Å². The van der Waals surface area contributed by atoms with E-state index in [0.717, 1.165) is 12.8 Å². The summed E-state index contributed by atoms with van der Waals surface area (Å²) >= 11 is 0. The second-order valence-corrected chi connectivity index (χ2v) is 7.29. The molecule has 1 aliphatic heterocycles. The molecule has 0 spiro atoms. The van der Waals surface area contributed by atoms with Gasteiger partial charge in [0.15, 0.2) is 0 Å². The lowest BCUT2D eigenvalue weighted by atomic mass is 9.98. The van der Waals surface area contributed by atoms with Gasteiger partial charge in [-0.05, 0) is 37.0 Å². The number of carbonyl (C=O) groups excluding carboxylic acids is 1. The third-order valence-electron chi connectivity index (χ3n) is 3.71. The van der Waals surface area contributed by atoms with Crippen molar-refractivity contribution in [3.63, 3.8) is 0 Å². The van der Waals surface area contributed by atoms with E-state index in [-0.39, 0.29) is 10.8 Å². The van der Waals surface area contributed by atoms with Crippen molar-refractivity contribution in [3.8, 4) is 0 Å². The van der Waals surface area contributed by atoms with Gasteiger partial charge in [-0.2, -0.15) is 4.31 Å². The Hall–Kier alpha value is -1.60. The number of nitrogen functional groups attached to an aromatic ring is 1. The fraction of sp³-hybridized carbons (Fsp3) is 0.500. The summed E-state index contributed by atoms with van der Waals surface area (Å²) in [7, 11) is -3.47. The van der Waals surface area contributed by atoms with Crippen molar-refractivity contribution in [2.75, 3.05) is 25.4 Å². The number of carbonyl (C=O) groups is 1. The van der Waals surface area contributed by atoms with Crippen LogP contribution in [0.2, 0.25) is 0 Å². The van der Waals surface area contributed by atoms with Gasteiger partial charge in [-0.3, -0.25) is 4.79 Å². The van der Waals surface area contributed by atoms with Crippen LogP contribution in [0.4, 0.5) is 5.69 Å². The van der Waals surface area contributed by atoms with E-state index in [2.05, 4.69) is 5.32 Å². The Labute approximate surface area is 125 Å². The van der Waals surface area contributed by atoms with Crippen LogP contribution in [0.3, 0.4) is 0 Å². The number of nitrogens with zero attached hydrogens (tertiary/aromatic N) is 1. The van der Waals surface area contributed by atoms with Crippen molar-refractivity contribution < 1.29 is 13.2 Å². The molecule has 0 aromatic heterocycles. The van der Waals surface area contributed by atoms with Gasteiger partial charge in [-0.15, -0.1) is 0 Å². The van der Waals surface area contributed by atoms with Gasteiger partial charge in [0.05, 0.1) is 4.90 Å². The number of benzene rings is 1. The van der Waals surface area contributed by atoms with E-state index in [1.54, 1.807) is 18.2 Å². The quantitative estimate of drug-likeness (QED) is 0.805. The number of rotatable bonds is 4. The minimum Gasteiger partial charge on any atom is -0.399 e. The molecule has 0 saturated carbocycles. The molecule has 1 fully saturated rings. The van der Waals surface area contributed by atoms with Crippen LogP contribution in [-0.4, -0.2) is 38.3 Å². The molecule has 0 bridgehead atoms. The first kappa shape index (κ1) is 15.8. The summed E-state index contributed by atoms with van der Waals surface area (Å²) in [6, 6.07) is 6.36. The summed E-state index contributed by atoms with van der Waals surface area (Å²) in [5, 5.41) is 2.78. The van der Waals surface area contributed by atoms with Gasteiger partial charge in [-0.25, -0.2) is 8.42 Å². The Kier molecular flexibility index (Phi) is 4.84. The minimum absolute atomic E-state index is 0.0511. The minimum atomic E-state index is -3.47. The predicted octanol–water partition coefficient (Wildman–Crippen LogP) is 0.806. The normalized spacial score (nSPS) is 17.6. The monoisotopic (exact) mass is 311 g/mol. The Balaban J connectivity index is 1.99. The highest BCUT2D eigenvalue weighted by atomic mass is 32.2. The van der Waals surface area contributed by atoms with E-state index in [0.29, 0.717) is 31.2 Å². The molecule has 1 aromatic rings. The largest absolute Gasteiger partial charge is 0.399 e. The number of amides is 1. The Morgan fingerprint density at radius 2 is 2.05 bits per heavy atom. The molecule has 3 N–H and O–H groups in total. The molecular weight excluding hydrogens is 290 g/mol. The van der Waals surface area contributed by atoms with Crippen LogP contribution in [0.5, 0.6) is 0 Å². The van der Waals surface area contributed by atoms with Gasteiger partial charge < -0.3 is 11.1 Å². The summed E-state index contributed by atoms with van der Waals surface area (Å²) in [6.07, 6.45) is 1.50. The number of sulfonamides is 1. The molecule has 6 nitrogen and oxygen atoms in total. The molecule has 0 aliphatic carbocycles. The number of hydrogen-bond donors (Lipinski definition) is 2. The zero-order valence-corrected chi connectivity index (χ0v) is 12.9. The summed E-state index contributed by atoms with van der Waals surface area (Å²) in [4.78, 5) is 11.1. The van der Waals surface area contributed by atoms with Gasteiger partial charge in [0.1, 0.15) is 0 Å². The summed E-state index contributed by atoms with van der Waals surface area (Å²) in [5.41, 5.74) is 6.09. The van der Waals surface area contributed by atoms with Crippen molar-refractivity contribution in [3.05, 3.63) is 24.3 Å². The molecule has 116 valence electrons. The van der Waals surface area contributed by atoms with Crippen molar-refractivity contribution in [2.24, 2.45) is 5.92 Å². The molecule has 0 radical (unpaired) electrons. The topological polar surface area (TPSA) is 92.5 Å². The van der Waals surface area contributed by atoms with Gasteiger partial charge in [0, 0.05) is 32.2 Å². The first-order valence-corrected chi connectivity index (χ1v) is 8.44. The molecule has 1 saturated heterocycles. The second kappa shape index (κ2) is 6.44. The van der Waals surface area contributed by atoms with E-state index < -0.39 is 10.0 Å². The molecule has 0 unspecified atom stereocenters. The maximum absolute atomic E-state index is 12.5. The molecule has 1 aromatic carbocycles. The lowest BCUT2D eigenvalue weighted by Crippen LogP contribution is -2.41. The van der Waals surface area contributed by atoms with Gasteiger partial charge in [-0.1, -0.05) is 6.07 Å². The number of nitrogens with one attached hydrogen (secondary N) is 1. The highest BCUT2D eigenvalue weighted by Gasteiger charge is 2.29. The van der Waals surface area contributed by atoms with Crippen LogP contribution < -0.4 is 11.1 Å². The molecule has 21 heavy (non-hydrogen) atoms. The fourth-order valence-corrected chi connectivity index (χ4v) is 3.99. The third-order valence-corrected chi connectivity index (χ3v) is 5.60. The van der Waals surface area contributed by atoms with Crippen molar-refractivity contribution in [1.82, 2.24) is 9.62 Å². The maximum Gasteiger partial charge on any atom is 0.243 e. The average molecular weight is 311 g/mol. The number of hydrogen-bond acceptors (Lipinski definition) is 4. The average Bonchev–Trinajstić information content (AvgIpc) is 2.45. The van der Waals surface area contributed by atoms with Crippen LogP contribution >= 0.6 is 0 Å². The highest BCUT2D eigenvalue weighted by Crippen LogP contribution is 2.24. The van der Waals surface area contributed by atoms with E-state index in [1.807, 2.05) is 0 Å². The van der Waals surface area contributed by atoms with Crippen molar-refractivity contribution in [1.29, 1.82) is 0 Å². The second-order valence-electron chi connectivity index (χ2n) is 5.36. The van der Waals surface area contributed by atoms with Gasteiger partial charge in [0.25, 0.3) is 0 Å². The third kappa shape index (κ3) is 3.95. The standard InChI is InChI=1S/C14H21N3O3S/c1-11(18)16-10-12-5-7-17(8-6-12)21(19,20)14-4-2-3-13(15)9-14/h2-4,9,12H,5-8,10,15H2,1H3,(H,16,18). The SMILES string of the molecule is CC(=O)NCC1CCN(S(=O)(=O)c2cccc(N)c2)CC1. The van der Waals surface area contributed by atoms with Crippen LogP contribution in [0.15, 0.2) is 29.2 Å². The van der Waals surface area contributed by atoms with Crippen LogP contribution in [0.1, 0.15) is 19.8 Å². The van der Waals surface area contributed by atoms with Crippen molar-refractivity contribution >= 4 is 21.6 Å². The Bertz CT molecular complexity index is 608. The first-order valence-electron chi connectivity index (χ1n) is 6.99. The molecule has 1 amide bonds. The lowest BCUT2D eigenvalue weighted by Gasteiger charge is -2.31. The molecule has 1 heterocycles. The highest BCUT2D eigenvalue weighted by molar-refractivity contribution is 7.89. The van der Waals surface area contributed by atoms with Gasteiger partial charge >= 0.3 is 0 Å². The molecule has 2 rings (SSSR count). The lowest BCUT2D eigenvalue weighted by molar-refractivity contribution is -0.119. The van der Waals surface area contributed by atoms with E-state index >= 15 is 0 Å². The fourth-order valence-electron chi connectivity index (χ4n) is 2.47. The van der Waals surface area contributed by atoms with Gasteiger partial charge in [0.2, 0.25) is 15.9 Å². The number of anilines is 1. The van der Waals surface area contributed by atoms with E-state index in [9.17, 15) is 13.2 Å². The summed E-state index contributed by atoms with van der Waals surface area (Å²) in [6.45, 7) is 3.05. The molecular formula is C14H21N3O3S. The smallest absolute Gasteiger partial charge is 0.243 e. The Morgan fingerprint density at radius 1 is 1.38 bits per heavy atom. The number of piperidine rings is 1. The Morgan fingerprint density at radius 3 is 2.62 bits per heavy atom. The van der Waals surface area contributed by atoms with E-state index in [1.165, 1.54) is 17.3 Å². The molecule has 0 atom stereocenters. The number of nitrogens with two attached hydrogens (primary N) is 1. The zero-order chi connectivity index (χ0) is 15.5. The zero-order valence-electron chi connectivity index (χ0n) is 12.1. The first-order chi connectivity index (χ1) is 9.89. The summed E-state index contributed by atoms with van der Waals surface area (Å²) < 4.78 is 26.5. The maximum atomic E-state index is 12.5. The summed E-state index contributed by atoms with van der Waals surface area (Å²) in [5.74, 6) is 0.283. The van der Waals surface area contributed by atoms with E-state index in [4.69, 9.17) is 5.73 Å². The molecule has 7 heteroatoms. The predicted molar refractivity (Wildman–Crippen MR) is 81.0 cm³/mol. The van der Waals surface area contributed by atoms with Crippen LogP contribution in [0, 0.1) is 5.92 Å². The van der Waals surface area contributed by atoms with Crippen molar-refractivity contribution in [2.45, 2.75) is 24.7 Å². The molecule has 1 aliphatic rings. The van der Waals surface area contributed by atoms with Crippen LogP contribution in [-0.2, 0) is 14.8 Å².